The molecule has 0 aromatic heterocycles. The number of rotatable bonds is 9. The molecule has 0 N–H and O–H groups in total. The molecule has 2 nitrogen and oxygen atoms in total. The number of benzene rings is 6. The van der Waals surface area contributed by atoms with Crippen LogP contribution in [0.3, 0.4) is 0 Å². The van der Waals surface area contributed by atoms with Crippen LogP contribution in [-0.4, -0.2) is 0 Å². The Bertz CT molecular complexity index is 2320. The molecule has 1 aliphatic heterocycles. The average molecular weight is 671 g/mol. The van der Waals surface area contributed by atoms with Gasteiger partial charge in [0.15, 0.2) is 0 Å². The monoisotopic (exact) mass is 670 g/mol. The van der Waals surface area contributed by atoms with E-state index in [1.807, 2.05) is 6.92 Å². The molecule has 8 rings (SSSR count). The summed E-state index contributed by atoms with van der Waals surface area (Å²) >= 11 is 0. The minimum Gasteiger partial charge on any atom is -0.313 e. The first-order valence-corrected chi connectivity index (χ1v) is 18.1. The Hall–Kier alpha value is -6.38. The van der Waals surface area contributed by atoms with Gasteiger partial charge in [0.05, 0.1) is 0 Å². The maximum absolute atomic E-state index is 4.14. The second kappa shape index (κ2) is 14.5. The number of nitrogens with zero attached hydrogens (tertiary/aromatic N) is 2. The molecule has 6 aromatic rings. The van der Waals surface area contributed by atoms with Crippen LogP contribution in [-0.2, 0) is 0 Å². The van der Waals surface area contributed by atoms with Crippen LogP contribution in [0.5, 0.6) is 0 Å². The lowest BCUT2D eigenvalue weighted by Gasteiger charge is -2.32. The summed E-state index contributed by atoms with van der Waals surface area (Å²) in [7, 11) is 0. The minimum atomic E-state index is 0.285. The molecule has 2 heteroatoms. The number of allylic oxidation sites excluding steroid dienone is 7. The number of fused-ring (bicyclic) bond motifs is 3. The smallest absolute Gasteiger partial charge is 0.0497 e. The molecule has 0 spiro atoms. The fourth-order valence-electron chi connectivity index (χ4n) is 7.44. The molecule has 0 saturated heterocycles. The maximum atomic E-state index is 4.14. The molecular weight excluding hydrogens is 629 g/mol. The van der Waals surface area contributed by atoms with Crippen LogP contribution < -0.4 is 9.80 Å². The molecule has 0 radical (unpaired) electrons. The van der Waals surface area contributed by atoms with Gasteiger partial charge in [0.1, 0.15) is 0 Å². The Morgan fingerprint density at radius 1 is 0.615 bits per heavy atom. The van der Waals surface area contributed by atoms with Gasteiger partial charge in [-0.25, -0.2) is 0 Å². The molecular formula is C50H42N2. The van der Waals surface area contributed by atoms with E-state index in [1.165, 1.54) is 56.0 Å². The highest BCUT2D eigenvalue weighted by molar-refractivity contribution is 5.82. The summed E-state index contributed by atoms with van der Waals surface area (Å²) in [6.07, 6.45) is 12.2. The molecule has 1 heterocycles. The second-order valence-corrected chi connectivity index (χ2v) is 13.5. The highest BCUT2D eigenvalue weighted by Gasteiger charge is 2.36. The minimum absolute atomic E-state index is 0.285. The molecule has 2 aliphatic rings. The van der Waals surface area contributed by atoms with Crippen molar-refractivity contribution in [3.05, 3.63) is 223 Å². The topological polar surface area (TPSA) is 6.48 Å². The van der Waals surface area contributed by atoms with Crippen LogP contribution in [0.25, 0.3) is 33.4 Å². The van der Waals surface area contributed by atoms with Gasteiger partial charge >= 0.3 is 0 Å². The van der Waals surface area contributed by atoms with E-state index in [-0.39, 0.29) is 5.92 Å². The van der Waals surface area contributed by atoms with E-state index in [4.69, 9.17) is 0 Å². The summed E-state index contributed by atoms with van der Waals surface area (Å²) in [5.41, 5.74) is 16.8. The summed E-state index contributed by atoms with van der Waals surface area (Å²) in [4.78, 5) is 4.84. The first kappa shape index (κ1) is 32.8. The van der Waals surface area contributed by atoms with Gasteiger partial charge < -0.3 is 9.80 Å². The van der Waals surface area contributed by atoms with Crippen LogP contribution in [0.1, 0.15) is 31.7 Å². The van der Waals surface area contributed by atoms with Crippen molar-refractivity contribution >= 4 is 17.1 Å². The second-order valence-electron chi connectivity index (χ2n) is 13.5. The van der Waals surface area contributed by atoms with Crippen molar-refractivity contribution in [1.82, 2.24) is 0 Å². The van der Waals surface area contributed by atoms with Crippen molar-refractivity contribution in [2.75, 3.05) is 9.80 Å². The Kier molecular flexibility index (Phi) is 9.12. The van der Waals surface area contributed by atoms with Crippen LogP contribution in [0, 0.1) is 0 Å². The SMILES string of the molecule is C=C(C)/C=C\C(=C/C)N(C1=CCC2C(=C1)N(c1ccc(-c3ccc(-c4ccccc4)cc3)cc1)c1ccccc12)c1ccc(-c2ccccc2)cc1. The van der Waals surface area contributed by atoms with Crippen molar-refractivity contribution in [2.24, 2.45) is 0 Å². The van der Waals surface area contributed by atoms with Crippen LogP contribution in [0.4, 0.5) is 17.1 Å². The van der Waals surface area contributed by atoms with Crippen molar-refractivity contribution in [3.63, 3.8) is 0 Å². The zero-order chi connectivity index (χ0) is 35.4. The van der Waals surface area contributed by atoms with Crippen molar-refractivity contribution < 1.29 is 0 Å². The fourth-order valence-corrected chi connectivity index (χ4v) is 7.44. The molecule has 52 heavy (non-hydrogen) atoms. The third-order valence-corrected chi connectivity index (χ3v) is 10.1. The van der Waals surface area contributed by atoms with Gasteiger partial charge in [-0.1, -0.05) is 158 Å². The van der Waals surface area contributed by atoms with Gasteiger partial charge in [-0.3, -0.25) is 0 Å². The Labute approximate surface area is 308 Å². The van der Waals surface area contributed by atoms with E-state index in [9.17, 15) is 0 Å². The quantitative estimate of drug-likeness (QED) is 0.141. The average Bonchev–Trinajstić information content (AvgIpc) is 3.54. The van der Waals surface area contributed by atoms with E-state index < -0.39 is 0 Å². The largest absolute Gasteiger partial charge is 0.313 e. The standard InChI is InChI=1S/C50H42N2/c1-4-43(28-19-36(2)3)51(44-29-24-41(25-30-44)38-15-9-6-10-16-38)46-33-34-48-47-17-11-12-18-49(47)52(50(48)35-46)45-31-26-42(27-32-45)40-22-20-39(21-23-40)37-13-7-5-8-14-37/h4-33,35,48H,2,34H2,1,3H3/b28-19-,43-4+. The molecule has 6 aromatic carbocycles. The lowest BCUT2D eigenvalue weighted by molar-refractivity contribution is 0.804. The first-order valence-electron chi connectivity index (χ1n) is 18.1. The molecule has 0 amide bonds. The lowest BCUT2D eigenvalue weighted by atomic mass is 9.90. The number of anilines is 3. The highest BCUT2D eigenvalue weighted by atomic mass is 15.2. The number of para-hydroxylation sites is 1. The summed E-state index contributed by atoms with van der Waals surface area (Å²) in [6.45, 7) is 8.28. The molecule has 1 unspecified atom stereocenters. The summed E-state index contributed by atoms with van der Waals surface area (Å²) in [5, 5.41) is 0. The van der Waals surface area contributed by atoms with Crippen molar-refractivity contribution in [3.8, 4) is 33.4 Å². The van der Waals surface area contributed by atoms with Gasteiger partial charge in [-0.05, 0) is 102 Å². The molecule has 1 aliphatic carbocycles. The molecule has 0 fully saturated rings. The van der Waals surface area contributed by atoms with E-state index in [0.717, 1.165) is 29.1 Å². The zero-order valence-electron chi connectivity index (χ0n) is 29.8. The van der Waals surface area contributed by atoms with Crippen LogP contribution in [0.15, 0.2) is 217 Å². The molecule has 0 saturated carbocycles. The molecule has 0 bridgehead atoms. The van der Waals surface area contributed by atoms with Gasteiger partial charge in [0, 0.05) is 40.1 Å². The molecule has 252 valence electrons. The van der Waals surface area contributed by atoms with Crippen LogP contribution >= 0.6 is 0 Å². The normalized spacial score (nSPS) is 15.2. The Morgan fingerprint density at radius 2 is 1.12 bits per heavy atom. The maximum Gasteiger partial charge on any atom is 0.0497 e. The van der Waals surface area contributed by atoms with E-state index in [0.29, 0.717) is 0 Å². The Morgan fingerprint density at radius 3 is 1.67 bits per heavy atom. The van der Waals surface area contributed by atoms with E-state index in [1.54, 1.807) is 0 Å². The van der Waals surface area contributed by atoms with Gasteiger partial charge in [-0.15, -0.1) is 0 Å². The van der Waals surface area contributed by atoms with Crippen molar-refractivity contribution in [2.45, 2.75) is 26.2 Å². The lowest BCUT2D eigenvalue weighted by Crippen LogP contribution is -2.24. The van der Waals surface area contributed by atoms with Gasteiger partial charge in [-0.2, -0.15) is 0 Å². The zero-order valence-corrected chi connectivity index (χ0v) is 29.8. The van der Waals surface area contributed by atoms with Gasteiger partial charge in [0.25, 0.3) is 0 Å². The first-order chi connectivity index (χ1) is 25.6. The van der Waals surface area contributed by atoms with E-state index >= 15 is 0 Å². The number of hydrogen-bond donors (Lipinski definition) is 0. The Balaban J connectivity index is 1.15. The summed E-state index contributed by atoms with van der Waals surface area (Å²) in [6, 6.07) is 56.8. The van der Waals surface area contributed by atoms with Crippen molar-refractivity contribution in [1.29, 1.82) is 0 Å². The van der Waals surface area contributed by atoms with E-state index in [2.05, 4.69) is 211 Å². The predicted octanol–water partition coefficient (Wildman–Crippen LogP) is 13.6. The fraction of sp³-hybridized carbons (Fsp3) is 0.0800. The number of hydrogen-bond acceptors (Lipinski definition) is 2. The highest BCUT2D eigenvalue weighted by Crippen LogP contribution is 2.52. The van der Waals surface area contributed by atoms with Gasteiger partial charge in [0.2, 0.25) is 0 Å². The summed E-state index contributed by atoms with van der Waals surface area (Å²) < 4.78 is 0. The summed E-state index contributed by atoms with van der Waals surface area (Å²) in [5.74, 6) is 0.285. The van der Waals surface area contributed by atoms with Crippen LogP contribution in [0.2, 0.25) is 0 Å². The predicted molar refractivity (Wildman–Crippen MR) is 221 cm³/mol. The third-order valence-electron chi connectivity index (χ3n) is 10.1. The molecule has 1 atom stereocenters. The third kappa shape index (κ3) is 6.48.